The van der Waals surface area contributed by atoms with Gasteiger partial charge in [0.25, 0.3) is 0 Å². The summed E-state index contributed by atoms with van der Waals surface area (Å²) < 4.78 is 0. The lowest BCUT2D eigenvalue weighted by atomic mass is 9.83. The maximum absolute atomic E-state index is 11.7. The van der Waals surface area contributed by atoms with E-state index in [0.717, 1.165) is 12.3 Å². The van der Waals surface area contributed by atoms with Gasteiger partial charge in [0.2, 0.25) is 0 Å². The van der Waals surface area contributed by atoms with Crippen molar-refractivity contribution in [3.8, 4) is 0 Å². The summed E-state index contributed by atoms with van der Waals surface area (Å²) in [5.41, 5.74) is 0. The molecule has 5 heteroatoms. The largest absolute Gasteiger partial charge is 0.480 e. The second-order valence-electron chi connectivity index (χ2n) is 4.38. The van der Waals surface area contributed by atoms with Crippen LogP contribution < -0.4 is 5.32 Å². The molecular weight excluding hydrogens is 220 g/mol. The third-order valence-electron chi connectivity index (χ3n) is 3.02. The van der Waals surface area contributed by atoms with Crippen LogP contribution in [0.2, 0.25) is 0 Å². The molecule has 96 valence electrons. The first-order valence-electron chi connectivity index (χ1n) is 5.99. The minimum atomic E-state index is -1.01. The highest BCUT2D eigenvalue weighted by Crippen LogP contribution is 2.28. The van der Waals surface area contributed by atoms with Gasteiger partial charge in [0.05, 0.1) is 0 Å². The molecule has 1 aliphatic carbocycles. The van der Waals surface area contributed by atoms with Crippen LogP contribution in [0.4, 0.5) is 4.79 Å². The molecule has 0 saturated heterocycles. The molecule has 5 nitrogen and oxygen atoms in total. The summed E-state index contributed by atoms with van der Waals surface area (Å²) >= 11 is 0. The van der Waals surface area contributed by atoms with E-state index in [1.54, 1.807) is 0 Å². The zero-order valence-electron chi connectivity index (χ0n) is 10.0. The third-order valence-corrected chi connectivity index (χ3v) is 3.02. The molecule has 1 aliphatic rings. The third kappa shape index (κ3) is 4.89. The van der Waals surface area contributed by atoms with Gasteiger partial charge in [-0.1, -0.05) is 25.3 Å². The van der Waals surface area contributed by atoms with Gasteiger partial charge in [0, 0.05) is 13.1 Å². The Morgan fingerprint density at radius 2 is 2.18 bits per heavy atom. The van der Waals surface area contributed by atoms with E-state index in [9.17, 15) is 9.59 Å². The Hall–Kier alpha value is -1.52. The van der Waals surface area contributed by atoms with Gasteiger partial charge in [-0.15, -0.1) is 6.58 Å². The molecule has 0 unspecified atom stereocenters. The Kier molecular flexibility index (Phi) is 5.52. The fourth-order valence-electron chi connectivity index (χ4n) is 1.81. The van der Waals surface area contributed by atoms with Crippen molar-refractivity contribution in [2.75, 3.05) is 19.6 Å². The number of carboxylic acids is 1. The van der Waals surface area contributed by atoms with Crippen molar-refractivity contribution in [3.05, 3.63) is 12.7 Å². The molecule has 0 heterocycles. The van der Waals surface area contributed by atoms with Crippen LogP contribution >= 0.6 is 0 Å². The first-order valence-corrected chi connectivity index (χ1v) is 5.99. The first kappa shape index (κ1) is 13.5. The monoisotopic (exact) mass is 240 g/mol. The smallest absolute Gasteiger partial charge is 0.323 e. The van der Waals surface area contributed by atoms with Crippen LogP contribution in [-0.2, 0) is 4.79 Å². The lowest BCUT2D eigenvalue weighted by molar-refractivity contribution is -0.137. The van der Waals surface area contributed by atoms with Crippen molar-refractivity contribution in [1.82, 2.24) is 10.2 Å². The molecule has 0 aliphatic heterocycles. The molecule has 0 aromatic heterocycles. The maximum atomic E-state index is 11.7. The Morgan fingerprint density at radius 3 is 2.65 bits per heavy atom. The van der Waals surface area contributed by atoms with Gasteiger partial charge >= 0.3 is 12.0 Å². The maximum Gasteiger partial charge on any atom is 0.323 e. The number of amides is 2. The molecule has 17 heavy (non-hydrogen) atoms. The number of carbonyl (C=O) groups excluding carboxylic acids is 1. The van der Waals surface area contributed by atoms with E-state index in [0.29, 0.717) is 6.54 Å². The van der Waals surface area contributed by atoms with Gasteiger partial charge in [0.1, 0.15) is 6.54 Å². The average molecular weight is 240 g/mol. The number of hydrogen-bond acceptors (Lipinski definition) is 2. The van der Waals surface area contributed by atoms with Gasteiger partial charge in [-0.05, 0) is 12.3 Å². The molecule has 2 N–H and O–H groups in total. The highest BCUT2D eigenvalue weighted by Gasteiger charge is 2.18. The van der Waals surface area contributed by atoms with Gasteiger partial charge in [-0.3, -0.25) is 4.79 Å². The van der Waals surface area contributed by atoms with Gasteiger partial charge in [-0.2, -0.15) is 0 Å². The van der Waals surface area contributed by atoms with E-state index in [1.807, 2.05) is 0 Å². The summed E-state index contributed by atoms with van der Waals surface area (Å²) in [7, 11) is 0. The van der Waals surface area contributed by atoms with E-state index in [2.05, 4.69) is 11.9 Å². The molecule has 0 aromatic carbocycles. The highest BCUT2D eigenvalue weighted by atomic mass is 16.4. The summed E-state index contributed by atoms with van der Waals surface area (Å²) in [5, 5.41) is 11.4. The van der Waals surface area contributed by atoms with Gasteiger partial charge in [-0.25, -0.2) is 4.79 Å². The predicted octanol–water partition coefficient (Wildman–Crippen LogP) is 1.46. The van der Waals surface area contributed by atoms with Crippen molar-refractivity contribution < 1.29 is 14.7 Å². The second-order valence-corrected chi connectivity index (χ2v) is 4.38. The fraction of sp³-hybridized carbons (Fsp3) is 0.667. The molecule has 1 rings (SSSR count). The molecule has 0 spiro atoms. The van der Waals surface area contributed by atoms with Crippen LogP contribution in [0.25, 0.3) is 0 Å². The molecule has 0 aromatic rings. The summed E-state index contributed by atoms with van der Waals surface area (Å²) in [6.07, 6.45) is 6.30. The second kappa shape index (κ2) is 6.93. The zero-order valence-corrected chi connectivity index (χ0v) is 10.0. The molecule has 0 bridgehead atoms. The minimum absolute atomic E-state index is 0.252. The van der Waals surface area contributed by atoms with Crippen molar-refractivity contribution in [2.24, 2.45) is 5.92 Å². The average Bonchev–Trinajstić information content (AvgIpc) is 2.20. The Bertz CT molecular complexity index is 287. The number of carboxylic acid groups (broad SMARTS) is 1. The molecule has 2 amide bonds. The van der Waals surface area contributed by atoms with Crippen LogP contribution in [0, 0.1) is 5.92 Å². The van der Waals surface area contributed by atoms with Gasteiger partial charge in [0.15, 0.2) is 0 Å². The summed E-state index contributed by atoms with van der Waals surface area (Å²) in [5.74, 6) is -0.274. The normalized spacial score (nSPS) is 14.8. The van der Waals surface area contributed by atoms with Crippen molar-refractivity contribution in [2.45, 2.75) is 25.7 Å². The molecule has 1 saturated carbocycles. The van der Waals surface area contributed by atoms with E-state index in [4.69, 9.17) is 5.11 Å². The van der Waals surface area contributed by atoms with Crippen LogP contribution in [0.15, 0.2) is 12.7 Å². The van der Waals surface area contributed by atoms with Crippen LogP contribution in [-0.4, -0.2) is 41.6 Å². The van der Waals surface area contributed by atoms with Crippen LogP contribution in [0.1, 0.15) is 25.7 Å². The van der Waals surface area contributed by atoms with Crippen molar-refractivity contribution in [1.29, 1.82) is 0 Å². The number of nitrogens with zero attached hydrogens (tertiary/aromatic N) is 1. The number of aliphatic carboxylic acids is 1. The van der Waals surface area contributed by atoms with Crippen molar-refractivity contribution >= 4 is 12.0 Å². The number of rotatable bonds is 7. The predicted molar refractivity (Wildman–Crippen MR) is 64.8 cm³/mol. The summed E-state index contributed by atoms with van der Waals surface area (Å²) in [6.45, 7) is 4.09. The fourth-order valence-corrected chi connectivity index (χ4v) is 1.81. The lowest BCUT2D eigenvalue weighted by Gasteiger charge is -2.26. The Morgan fingerprint density at radius 1 is 1.47 bits per heavy atom. The molecule has 0 radical (unpaired) electrons. The number of nitrogens with one attached hydrogen (secondary N) is 1. The first-order chi connectivity index (χ1) is 8.13. The standard InChI is InChI=1S/C12H20N2O3/c1-2-8-14(9-11(15)16)12(17)13-7-6-10-4-3-5-10/h2,10H,1,3-9H2,(H,13,17)(H,15,16). The van der Waals surface area contributed by atoms with E-state index in [-0.39, 0.29) is 19.1 Å². The van der Waals surface area contributed by atoms with E-state index >= 15 is 0 Å². The quantitative estimate of drug-likeness (QED) is 0.662. The molecule has 1 fully saturated rings. The van der Waals surface area contributed by atoms with Crippen LogP contribution in [0.3, 0.4) is 0 Å². The van der Waals surface area contributed by atoms with Crippen molar-refractivity contribution in [3.63, 3.8) is 0 Å². The number of carbonyl (C=O) groups is 2. The van der Waals surface area contributed by atoms with Gasteiger partial charge < -0.3 is 15.3 Å². The topological polar surface area (TPSA) is 69.6 Å². The molecule has 0 atom stereocenters. The summed E-state index contributed by atoms with van der Waals surface area (Å²) in [4.78, 5) is 23.5. The van der Waals surface area contributed by atoms with E-state index in [1.165, 1.54) is 30.2 Å². The zero-order chi connectivity index (χ0) is 12.7. The lowest BCUT2D eigenvalue weighted by Crippen LogP contribution is -2.43. The SMILES string of the molecule is C=CCN(CC(=O)O)C(=O)NCCC1CCC1. The number of hydrogen-bond donors (Lipinski definition) is 2. The highest BCUT2D eigenvalue weighted by molar-refractivity contribution is 5.80. The minimum Gasteiger partial charge on any atom is -0.480 e. The van der Waals surface area contributed by atoms with Crippen LogP contribution in [0.5, 0.6) is 0 Å². The Balaban J connectivity index is 2.24. The summed E-state index contributed by atoms with van der Waals surface area (Å²) in [6, 6.07) is -0.327. The Labute approximate surface area is 101 Å². The number of urea groups is 1. The molecular formula is C12H20N2O3. The van der Waals surface area contributed by atoms with E-state index < -0.39 is 5.97 Å².